The maximum Gasteiger partial charge on any atom is 0.212 e. The summed E-state index contributed by atoms with van der Waals surface area (Å²) in [6, 6.07) is 0. The van der Waals surface area contributed by atoms with Crippen LogP contribution in [0.4, 0.5) is 8.78 Å². The van der Waals surface area contributed by atoms with Gasteiger partial charge in [-0.1, -0.05) is 0 Å². The lowest BCUT2D eigenvalue weighted by molar-refractivity contribution is 0.0174. The molecule has 0 aliphatic heterocycles. The Balaban J connectivity index is 4.67. The molecule has 0 amide bonds. The fraction of sp³-hybridized carbons (Fsp3) is 1.00. The van der Waals surface area contributed by atoms with Gasteiger partial charge in [0.2, 0.25) is 10.0 Å². The Morgan fingerprint density at radius 3 is 1.67 bits per heavy atom. The van der Waals surface area contributed by atoms with E-state index < -0.39 is 27.1 Å². The molecule has 2 N–H and O–H groups in total. The zero-order valence-corrected chi connectivity index (χ0v) is 8.08. The molecule has 0 bridgehead atoms. The van der Waals surface area contributed by atoms with E-state index >= 15 is 0 Å². The third-order valence-electron chi connectivity index (χ3n) is 1.71. The van der Waals surface area contributed by atoms with Crippen LogP contribution in [0.1, 0.15) is 20.8 Å². The first-order chi connectivity index (χ1) is 4.96. The molecule has 0 fully saturated rings. The Kier molecular flexibility index (Phi) is 2.86. The largest absolute Gasteiger partial charge is 0.241 e. The lowest BCUT2D eigenvalue weighted by atomic mass is 9.93. The zero-order chi connectivity index (χ0) is 10.2. The molecule has 1 atom stereocenters. The van der Waals surface area contributed by atoms with E-state index in [-0.39, 0.29) is 0 Å². The molecule has 0 rings (SSSR count). The number of sulfonamides is 1. The van der Waals surface area contributed by atoms with Crippen molar-refractivity contribution in [2.45, 2.75) is 32.1 Å². The highest BCUT2D eigenvalue weighted by Crippen LogP contribution is 2.30. The number of rotatable bonds is 3. The van der Waals surface area contributed by atoms with Crippen molar-refractivity contribution in [3.63, 3.8) is 0 Å². The molecule has 0 aromatic heterocycles. The van der Waals surface area contributed by atoms with Crippen molar-refractivity contribution in [1.29, 1.82) is 0 Å². The van der Waals surface area contributed by atoms with Crippen LogP contribution in [0.15, 0.2) is 0 Å². The molecule has 6 heteroatoms. The fourth-order valence-electron chi connectivity index (χ4n) is 0.549. The number of alkyl halides is 2. The van der Waals surface area contributed by atoms with E-state index in [0.29, 0.717) is 0 Å². The highest BCUT2D eigenvalue weighted by molar-refractivity contribution is 7.89. The number of nitrogens with two attached hydrogens (primary N) is 1. The second-order valence-electron chi connectivity index (χ2n) is 3.48. The predicted octanol–water partition coefficient (Wildman–Crippen LogP) is 0.751. The van der Waals surface area contributed by atoms with Gasteiger partial charge in [-0.05, 0) is 20.8 Å². The molecular formula is C6H13F2NO2S. The van der Waals surface area contributed by atoms with Gasteiger partial charge in [0.25, 0.3) is 0 Å². The molecule has 0 aliphatic rings. The third kappa shape index (κ3) is 3.44. The molecule has 0 saturated heterocycles. The highest BCUT2D eigenvalue weighted by atomic mass is 32.2. The first-order valence-corrected chi connectivity index (χ1v) is 5.05. The maximum atomic E-state index is 13.3. The van der Waals surface area contributed by atoms with Crippen LogP contribution in [0.3, 0.4) is 0 Å². The fourth-order valence-corrected chi connectivity index (χ4v) is 1.65. The summed E-state index contributed by atoms with van der Waals surface area (Å²) in [4.78, 5) is 0. The van der Waals surface area contributed by atoms with Crippen molar-refractivity contribution in [1.82, 2.24) is 0 Å². The van der Waals surface area contributed by atoms with Crippen molar-refractivity contribution in [3.05, 3.63) is 0 Å². The molecule has 0 spiro atoms. The molecule has 3 nitrogen and oxygen atoms in total. The third-order valence-corrected chi connectivity index (χ3v) is 2.66. The second kappa shape index (κ2) is 2.92. The van der Waals surface area contributed by atoms with Crippen LogP contribution in [-0.2, 0) is 10.0 Å². The van der Waals surface area contributed by atoms with E-state index in [4.69, 9.17) is 0 Å². The van der Waals surface area contributed by atoms with Crippen molar-refractivity contribution in [2.75, 3.05) is 5.75 Å². The first-order valence-electron chi connectivity index (χ1n) is 3.34. The van der Waals surface area contributed by atoms with E-state index in [1.54, 1.807) is 0 Å². The topological polar surface area (TPSA) is 60.2 Å². The average Bonchev–Trinajstić information content (AvgIpc) is 1.52. The van der Waals surface area contributed by atoms with Gasteiger partial charge in [0, 0.05) is 0 Å². The summed E-state index contributed by atoms with van der Waals surface area (Å²) in [6.07, 6.45) is 0. The number of primary sulfonamides is 1. The normalized spacial score (nSPS) is 18.8. The zero-order valence-electron chi connectivity index (χ0n) is 7.27. The van der Waals surface area contributed by atoms with Crippen LogP contribution in [0.2, 0.25) is 0 Å². The van der Waals surface area contributed by atoms with E-state index in [0.717, 1.165) is 20.8 Å². The van der Waals surface area contributed by atoms with Crippen LogP contribution < -0.4 is 5.14 Å². The van der Waals surface area contributed by atoms with Gasteiger partial charge in [0.05, 0.1) is 0 Å². The molecule has 0 radical (unpaired) electrons. The van der Waals surface area contributed by atoms with Crippen molar-refractivity contribution in [2.24, 2.45) is 5.14 Å². The van der Waals surface area contributed by atoms with E-state index in [1.807, 2.05) is 0 Å². The van der Waals surface area contributed by atoms with E-state index in [1.165, 1.54) is 0 Å². The van der Waals surface area contributed by atoms with Gasteiger partial charge in [-0.3, -0.25) is 0 Å². The van der Waals surface area contributed by atoms with Crippen LogP contribution >= 0.6 is 0 Å². The Morgan fingerprint density at radius 2 is 1.58 bits per heavy atom. The summed E-state index contributed by atoms with van der Waals surface area (Å²) in [5.41, 5.74) is -4.68. The van der Waals surface area contributed by atoms with Gasteiger partial charge in [-0.2, -0.15) is 0 Å². The minimum Gasteiger partial charge on any atom is -0.241 e. The Labute approximate surface area is 71.0 Å². The SMILES string of the molecule is CC(C)(F)C(C)(F)CS(N)(=O)=O. The first kappa shape index (κ1) is 11.8. The molecule has 74 valence electrons. The molecule has 1 unspecified atom stereocenters. The quantitative estimate of drug-likeness (QED) is 0.732. The van der Waals surface area contributed by atoms with Crippen molar-refractivity contribution in [3.8, 4) is 0 Å². The van der Waals surface area contributed by atoms with Crippen LogP contribution in [-0.4, -0.2) is 25.5 Å². The van der Waals surface area contributed by atoms with Gasteiger partial charge < -0.3 is 0 Å². The van der Waals surface area contributed by atoms with Gasteiger partial charge in [-0.15, -0.1) is 0 Å². The monoisotopic (exact) mass is 201 g/mol. The highest BCUT2D eigenvalue weighted by Gasteiger charge is 2.44. The molecule has 0 aromatic carbocycles. The lowest BCUT2D eigenvalue weighted by Crippen LogP contribution is -2.47. The van der Waals surface area contributed by atoms with Crippen LogP contribution in [0.5, 0.6) is 0 Å². The summed E-state index contributed by atoms with van der Waals surface area (Å²) >= 11 is 0. The Bertz CT molecular complexity index is 253. The van der Waals surface area contributed by atoms with Crippen LogP contribution in [0.25, 0.3) is 0 Å². The molecule has 12 heavy (non-hydrogen) atoms. The summed E-state index contributed by atoms with van der Waals surface area (Å²) in [7, 11) is -3.98. The second-order valence-corrected chi connectivity index (χ2v) is 5.09. The summed E-state index contributed by atoms with van der Waals surface area (Å²) in [5.74, 6) is -1.01. The molecule has 0 saturated carbocycles. The van der Waals surface area contributed by atoms with Crippen LogP contribution in [0, 0.1) is 0 Å². The Hall–Kier alpha value is -0.230. The van der Waals surface area contributed by atoms with Crippen molar-refractivity contribution >= 4 is 10.0 Å². The smallest absolute Gasteiger partial charge is 0.212 e. The Morgan fingerprint density at radius 1 is 1.25 bits per heavy atom. The average molecular weight is 201 g/mol. The maximum absolute atomic E-state index is 13.3. The van der Waals surface area contributed by atoms with Gasteiger partial charge in [-0.25, -0.2) is 22.3 Å². The summed E-state index contributed by atoms with van der Waals surface area (Å²) in [5, 5.41) is 4.58. The number of hydrogen-bond donors (Lipinski definition) is 1. The lowest BCUT2D eigenvalue weighted by Gasteiger charge is -2.29. The summed E-state index contributed by atoms with van der Waals surface area (Å²) < 4.78 is 47.2. The molecule has 0 aliphatic carbocycles. The van der Waals surface area contributed by atoms with E-state index in [9.17, 15) is 17.2 Å². The van der Waals surface area contributed by atoms with Gasteiger partial charge in [0.15, 0.2) is 5.67 Å². The van der Waals surface area contributed by atoms with Gasteiger partial charge in [0.1, 0.15) is 11.4 Å². The summed E-state index contributed by atoms with van der Waals surface area (Å²) in [6.45, 7) is 2.81. The van der Waals surface area contributed by atoms with E-state index in [2.05, 4.69) is 5.14 Å². The molecule has 0 heterocycles. The van der Waals surface area contributed by atoms with Gasteiger partial charge >= 0.3 is 0 Å². The minimum absolute atomic E-state index is 0.872. The number of hydrogen-bond acceptors (Lipinski definition) is 2. The van der Waals surface area contributed by atoms with Crippen molar-refractivity contribution < 1.29 is 17.2 Å². The molecule has 0 aromatic rings. The standard InChI is InChI=1S/C6H13F2NO2S/c1-5(2,7)6(3,8)4-12(9,10)11/h4H2,1-3H3,(H2,9,10,11). The number of halogens is 2. The minimum atomic E-state index is -3.98. The predicted molar refractivity (Wildman–Crippen MR) is 42.7 cm³/mol. The molecular weight excluding hydrogens is 188 g/mol.